The molecule has 0 unspecified atom stereocenters. The minimum absolute atomic E-state index is 0.108. The molecule has 0 spiro atoms. The van der Waals surface area contributed by atoms with Gasteiger partial charge in [0.25, 0.3) is 0 Å². The molecule has 0 fully saturated rings. The summed E-state index contributed by atoms with van der Waals surface area (Å²) in [6, 6.07) is 6.35. The molecule has 1 aromatic carbocycles. The molecule has 0 aliphatic carbocycles. The fourth-order valence-corrected chi connectivity index (χ4v) is 2.40. The van der Waals surface area contributed by atoms with Crippen LogP contribution in [-0.2, 0) is 4.79 Å². The van der Waals surface area contributed by atoms with Crippen molar-refractivity contribution in [3.05, 3.63) is 30.1 Å². The first kappa shape index (κ1) is 18.7. The van der Waals surface area contributed by atoms with Crippen LogP contribution in [0.4, 0.5) is 4.39 Å². The molecule has 5 nitrogen and oxygen atoms in total. The Morgan fingerprint density at radius 1 is 1.32 bits per heavy atom. The second-order valence-electron chi connectivity index (χ2n) is 4.81. The minimum atomic E-state index is -0.327. The van der Waals surface area contributed by atoms with E-state index in [9.17, 15) is 9.18 Å². The second-order valence-corrected chi connectivity index (χ2v) is 6.23. The molecule has 3 N–H and O–H groups in total. The van der Waals surface area contributed by atoms with Gasteiger partial charge in [0.15, 0.2) is 5.11 Å². The summed E-state index contributed by atoms with van der Waals surface area (Å²) in [7, 11) is 4.01. The van der Waals surface area contributed by atoms with Crippen molar-refractivity contribution in [2.75, 3.05) is 32.9 Å². The van der Waals surface area contributed by atoms with Crippen molar-refractivity contribution in [2.24, 2.45) is 0 Å². The number of hydrazine groups is 1. The maximum absolute atomic E-state index is 13.4. The van der Waals surface area contributed by atoms with E-state index in [0.29, 0.717) is 10.0 Å². The predicted molar refractivity (Wildman–Crippen MR) is 92.2 cm³/mol. The van der Waals surface area contributed by atoms with Crippen LogP contribution in [0.25, 0.3) is 0 Å². The van der Waals surface area contributed by atoms with Crippen molar-refractivity contribution in [1.82, 2.24) is 21.1 Å². The van der Waals surface area contributed by atoms with E-state index in [0.717, 1.165) is 31.3 Å². The molecule has 8 heteroatoms. The van der Waals surface area contributed by atoms with Crippen molar-refractivity contribution in [3.63, 3.8) is 0 Å². The molecule has 1 rings (SSSR count). The Hall–Kier alpha value is -1.38. The van der Waals surface area contributed by atoms with Crippen LogP contribution in [0.15, 0.2) is 29.2 Å². The predicted octanol–water partition coefficient (Wildman–Crippen LogP) is 1.36. The molecule has 0 aromatic heterocycles. The summed E-state index contributed by atoms with van der Waals surface area (Å²) in [5, 5.41) is 3.35. The molecule has 0 saturated heterocycles. The molecular formula is C14H21FN4OS2. The normalized spacial score (nSPS) is 10.4. The van der Waals surface area contributed by atoms with E-state index in [2.05, 4.69) is 21.1 Å². The number of thioether (sulfide) groups is 1. The molecule has 0 atom stereocenters. The first-order chi connectivity index (χ1) is 10.5. The molecule has 0 saturated carbocycles. The summed E-state index contributed by atoms with van der Waals surface area (Å²) in [6.07, 6.45) is 0.950. The van der Waals surface area contributed by atoms with Gasteiger partial charge in [0.1, 0.15) is 5.82 Å². The molecular weight excluding hydrogens is 323 g/mol. The van der Waals surface area contributed by atoms with Gasteiger partial charge in [-0.15, -0.1) is 11.8 Å². The van der Waals surface area contributed by atoms with Crippen LogP contribution in [0.3, 0.4) is 0 Å². The number of halogens is 1. The van der Waals surface area contributed by atoms with Crippen LogP contribution in [0, 0.1) is 5.82 Å². The standard InChI is InChI=1S/C14H21FN4OS2/c1-19(2)9-5-8-16-14(21)18-17-13(20)10-22-12-7-4-3-6-11(12)15/h3-4,6-7H,5,8-10H2,1-2H3,(H,17,20)(H2,16,18,21). The molecule has 1 amide bonds. The summed E-state index contributed by atoms with van der Waals surface area (Å²) < 4.78 is 13.4. The summed E-state index contributed by atoms with van der Waals surface area (Å²) >= 11 is 6.17. The van der Waals surface area contributed by atoms with Crippen molar-refractivity contribution >= 4 is 35.0 Å². The molecule has 1 aromatic rings. The molecule has 0 aliphatic rings. The van der Waals surface area contributed by atoms with E-state index >= 15 is 0 Å². The van der Waals surface area contributed by atoms with Crippen LogP contribution in [-0.4, -0.2) is 48.9 Å². The molecule has 22 heavy (non-hydrogen) atoms. The maximum atomic E-state index is 13.4. The average Bonchev–Trinajstić information content (AvgIpc) is 2.48. The quantitative estimate of drug-likeness (QED) is 0.301. The van der Waals surface area contributed by atoms with Gasteiger partial charge in [-0.2, -0.15) is 0 Å². The smallest absolute Gasteiger partial charge is 0.248 e. The van der Waals surface area contributed by atoms with Gasteiger partial charge in [-0.1, -0.05) is 12.1 Å². The van der Waals surface area contributed by atoms with Crippen molar-refractivity contribution in [3.8, 4) is 0 Å². The number of nitrogens with zero attached hydrogens (tertiary/aromatic N) is 1. The lowest BCUT2D eigenvalue weighted by Crippen LogP contribution is -2.47. The fraction of sp³-hybridized carbons (Fsp3) is 0.429. The SMILES string of the molecule is CN(C)CCCNC(=S)NNC(=O)CSc1ccccc1F. The molecule has 0 bridgehead atoms. The van der Waals surface area contributed by atoms with Gasteiger partial charge in [0.05, 0.1) is 5.75 Å². The third-order valence-electron chi connectivity index (χ3n) is 2.58. The third kappa shape index (κ3) is 8.16. The van der Waals surface area contributed by atoms with Crippen molar-refractivity contribution in [2.45, 2.75) is 11.3 Å². The summed E-state index contributed by atoms with van der Waals surface area (Å²) in [6.45, 7) is 1.69. The Morgan fingerprint density at radius 2 is 2.05 bits per heavy atom. The monoisotopic (exact) mass is 344 g/mol. The van der Waals surface area contributed by atoms with E-state index in [1.807, 2.05) is 14.1 Å². The first-order valence-electron chi connectivity index (χ1n) is 6.84. The lowest BCUT2D eigenvalue weighted by molar-refractivity contribution is -0.119. The summed E-state index contributed by atoms with van der Waals surface area (Å²) in [5.41, 5.74) is 5.10. The van der Waals surface area contributed by atoms with Crippen molar-refractivity contribution in [1.29, 1.82) is 0 Å². The molecule has 0 aliphatic heterocycles. The van der Waals surface area contributed by atoms with Crippen molar-refractivity contribution < 1.29 is 9.18 Å². The minimum Gasteiger partial charge on any atom is -0.361 e. The van der Waals surface area contributed by atoms with E-state index in [-0.39, 0.29) is 17.5 Å². The molecule has 122 valence electrons. The number of carbonyl (C=O) groups excluding carboxylic acids is 1. The average molecular weight is 344 g/mol. The number of carbonyl (C=O) groups is 1. The maximum Gasteiger partial charge on any atom is 0.248 e. The van der Waals surface area contributed by atoms with Crippen LogP contribution < -0.4 is 16.2 Å². The van der Waals surface area contributed by atoms with E-state index in [1.165, 1.54) is 6.07 Å². The highest BCUT2D eigenvalue weighted by molar-refractivity contribution is 8.00. The highest BCUT2D eigenvalue weighted by Crippen LogP contribution is 2.20. The van der Waals surface area contributed by atoms with Gasteiger partial charge < -0.3 is 10.2 Å². The Bertz CT molecular complexity index is 499. The van der Waals surface area contributed by atoms with Gasteiger partial charge in [-0.25, -0.2) is 4.39 Å². The lowest BCUT2D eigenvalue weighted by atomic mass is 10.3. The second kappa shape index (κ2) is 10.4. The highest BCUT2D eigenvalue weighted by atomic mass is 32.2. The number of thiocarbonyl (C=S) groups is 1. The highest BCUT2D eigenvalue weighted by Gasteiger charge is 2.06. The number of hydrogen-bond acceptors (Lipinski definition) is 4. The van der Waals surface area contributed by atoms with E-state index in [4.69, 9.17) is 12.2 Å². The Balaban J connectivity index is 2.15. The number of rotatable bonds is 7. The third-order valence-corrected chi connectivity index (χ3v) is 3.87. The first-order valence-corrected chi connectivity index (χ1v) is 8.23. The Kier molecular flexibility index (Phi) is 8.79. The summed E-state index contributed by atoms with van der Waals surface area (Å²) in [4.78, 5) is 14.2. The zero-order valence-corrected chi connectivity index (χ0v) is 14.3. The van der Waals surface area contributed by atoms with Gasteiger partial charge in [-0.3, -0.25) is 15.6 Å². The number of amides is 1. The molecule has 0 heterocycles. The summed E-state index contributed by atoms with van der Waals surface area (Å²) in [5.74, 6) is -0.492. The van der Waals surface area contributed by atoms with E-state index < -0.39 is 0 Å². The fourth-order valence-electron chi connectivity index (χ4n) is 1.51. The van der Waals surface area contributed by atoms with E-state index in [1.54, 1.807) is 18.2 Å². The van der Waals surface area contributed by atoms with Gasteiger partial charge >= 0.3 is 0 Å². The molecule has 0 radical (unpaired) electrons. The van der Waals surface area contributed by atoms with Gasteiger partial charge in [0.2, 0.25) is 5.91 Å². The topological polar surface area (TPSA) is 56.4 Å². The zero-order valence-electron chi connectivity index (χ0n) is 12.7. The van der Waals surface area contributed by atoms with Gasteiger partial charge in [0, 0.05) is 11.4 Å². The number of benzene rings is 1. The van der Waals surface area contributed by atoms with Crippen LogP contribution in [0.1, 0.15) is 6.42 Å². The number of nitrogens with one attached hydrogen (secondary N) is 3. The Labute approximate surface area is 140 Å². The van der Waals surface area contributed by atoms with Crippen LogP contribution in [0.5, 0.6) is 0 Å². The lowest BCUT2D eigenvalue weighted by Gasteiger charge is -2.13. The van der Waals surface area contributed by atoms with Crippen LogP contribution in [0.2, 0.25) is 0 Å². The van der Waals surface area contributed by atoms with Gasteiger partial charge in [-0.05, 0) is 51.4 Å². The number of hydrogen-bond donors (Lipinski definition) is 3. The zero-order chi connectivity index (χ0) is 16.4. The van der Waals surface area contributed by atoms with Crippen LogP contribution >= 0.6 is 24.0 Å². The largest absolute Gasteiger partial charge is 0.361 e. The Morgan fingerprint density at radius 3 is 2.73 bits per heavy atom.